The van der Waals surface area contributed by atoms with Crippen LogP contribution < -0.4 is 0 Å². The summed E-state index contributed by atoms with van der Waals surface area (Å²) in [6.45, 7) is 11.2. The average Bonchev–Trinajstić information content (AvgIpc) is 2.57. The van der Waals surface area contributed by atoms with E-state index in [1.54, 1.807) is 48.5 Å². The van der Waals surface area contributed by atoms with E-state index in [-0.39, 0.29) is 19.4 Å². The number of hydrogen-bond acceptors (Lipinski definition) is 8. The summed E-state index contributed by atoms with van der Waals surface area (Å²) in [6.07, 6.45) is -1.10. The minimum atomic E-state index is -1.38. The fourth-order valence-corrected chi connectivity index (χ4v) is 2.08. The Bertz CT molecular complexity index is 579. The highest BCUT2D eigenvalue weighted by molar-refractivity contribution is 5.94. The molecule has 174 valence electrons. The highest BCUT2D eigenvalue weighted by atomic mass is 19.1. The number of hydrogen-bond donors (Lipinski definition) is 0. The molecule has 0 saturated carbocycles. The zero-order valence-electron chi connectivity index (χ0n) is 19.1. The molecule has 0 fully saturated rings. The second kappa shape index (κ2) is 12.5. The summed E-state index contributed by atoms with van der Waals surface area (Å²) in [6, 6.07) is -1.38. The molecule has 0 spiro atoms. The van der Waals surface area contributed by atoms with E-state index in [2.05, 4.69) is 9.78 Å². The molecule has 0 aromatic rings. The SMILES string of the molecule is CCOOC/C(F)=C\CC[C@@H](C(=O)OC)N(C(=O)OC(C)(C)C)C(=O)OC(C)(C)C. The standard InChI is InChI=1S/C20H34FNO8/c1-9-27-28-13-14(21)11-10-12-15(16(23)26-8)22(17(24)29-19(2,3)4)18(25)30-20(5,6)7/h11,15H,9-10,12-13H2,1-8H3/b14-11+/t15-/m0/s1. The number of methoxy groups -OCH3 is 1. The molecule has 9 nitrogen and oxygen atoms in total. The second-order valence-electron chi connectivity index (χ2n) is 8.27. The van der Waals surface area contributed by atoms with Crippen molar-refractivity contribution in [3.8, 4) is 0 Å². The number of carbonyl (C=O) groups excluding carboxylic acids is 3. The molecule has 0 unspecified atom stereocenters. The fraction of sp³-hybridized carbons (Fsp3) is 0.750. The van der Waals surface area contributed by atoms with Gasteiger partial charge in [-0.3, -0.25) is 0 Å². The first kappa shape index (κ1) is 27.8. The summed E-state index contributed by atoms with van der Waals surface area (Å²) >= 11 is 0. The number of halogens is 1. The van der Waals surface area contributed by atoms with Gasteiger partial charge in [-0.2, -0.15) is 4.90 Å². The third-order valence-corrected chi connectivity index (χ3v) is 3.17. The average molecular weight is 435 g/mol. The lowest BCUT2D eigenvalue weighted by Gasteiger charge is -2.32. The second-order valence-corrected chi connectivity index (χ2v) is 8.27. The van der Waals surface area contributed by atoms with Crippen molar-refractivity contribution in [3.05, 3.63) is 11.9 Å². The molecule has 0 aromatic carbocycles. The summed E-state index contributed by atoms with van der Waals surface area (Å²) in [5.74, 6) is -1.50. The van der Waals surface area contributed by atoms with Crippen molar-refractivity contribution < 1.29 is 42.8 Å². The van der Waals surface area contributed by atoms with Gasteiger partial charge < -0.3 is 14.2 Å². The van der Waals surface area contributed by atoms with Crippen molar-refractivity contribution in [2.75, 3.05) is 20.3 Å². The molecule has 0 rings (SSSR count). The van der Waals surface area contributed by atoms with E-state index in [4.69, 9.17) is 14.2 Å². The molecule has 0 aromatic heterocycles. The van der Waals surface area contributed by atoms with Gasteiger partial charge in [-0.1, -0.05) is 6.08 Å². The third-order valence-electron chi connectivity index (χ3n) is 3.17. The number of carbonyl (C=O) groups is 3. The number of imide groups is 1. The Kier molecular flexibility index (Phi) is 11.6. The van der Waals surface area contributed by atoms with Crippen LogP contribution in [0.25, 0.3) is 0 Å². The Balaban J connectivity index is 5.62. The molecule has 0 saturated heterocycles. The lowest BCUT2D eigenvalue weighted by atomic mass is 10.1. The molecule has 0 aliphatic heterocycles. The number of esters is 1. The van der Waals surface area contributed by atoms with E-state index in [0.29, 0.717) is 4.90 Å². The van der Waals surface area contributed by atoms with Gasteiger partial charge in [0.1, 0.15) is 29.7 Å². The number of allylic oxidation sites excluding steroid dienone is 1. The van der Waals surface area contributed by atoms with Crippen molar-refractivity contribution in [3.63, 3.8) is 0 Å². The highest BCUT2D eigenvalue weighted by Gasteiger charge is 2.40. The van der Waals surface area contributed by atoms with Crippen molar-refractivity contribution in [1.82, 2.24) is 4.90 Å². The summed E-state index contributed by atoms with van der Waals surface area (Å²) < 4.78 is 29.0. The van der Waals surface area contributed by atoms with Gasteiger partial charge in [-0.05, 0) is 61.3 Å². The molecule has 0 heterocycles. The molecule has 0 aliphatic carbocycles. The monoisotopic (exact) mass is 435 g/mol. The van der Waals surface area contributed by atoms with Gasteiger partial charge in [-0.15, -0.1) is 0 Å². The van der Waals surface area contributed by atoms with Crippen LogP contribution in [-0.4, -0.2) is 60.6 Å². The zero-order valence-corrected chi connectivity index (χ0v) is 19.1. The molecule has 10 heteroatoms. The smallest absolute Gasteiger partial charge is 0.420 e. The molecular formula is C20H34FNO8. The number of rotatable bonds is 9. The van der Waals surface area contributed by atoms with E-state index in [1.807, 2.05) is 0 Å². The van der Waals surface area contributed by atoms with E-state index in [0.717, 1.165) is 13.2 Å². The molecule has 2 amide bonds. The topological polar surface area (TPSA) is 101 Å². The van der Waals surface area contributed by atoms with Gasteiger partial charge in [0.05, 0.1) is 13.7 Å². The van der Waals surface area contributed by atoms with Crippen LogP contribution in [-0.2, 0) is 28.8 Å². The summed E-state index contributed by atoms with van der Waals surface area (Å²) in [5.41, 5.74) is -1.86. The summed E-state index contributed by atoms with van der Waals surface area (Å²) in [5, 5.41) is 0. The first-order chi connectivity index (χ1) is 13.7. The van der Waals surface area contributed by atoms with Gasteiger partial charge in [0.2, 0.25) is 0 Å². The molecule has 0 N–H and O–H groups in total. The molecular weight excluding hydrogens is 401 g/mol. The van der Waals surface area contributed by atoms with E-state index < -0.39 is 47.8 Å². The lowest BCUT2D eigenvalue weighted by molar-refractivity contribution is -0.286. The minimum absolute atomic E-state index is 0.00316. The Labute approximate surface area is 177 Å². The van der Waals surface area contributed by atoms with Crippen molar-refractivity contribution in [2.24, 2.45) is 0 Å². The molecule has 0 bridgehead atoms. The third kappa shape index (κ3) is 11.7. The van der Waals surface area contributed by atoms with Crippen LogP contribution >= 0.6 is 0 Å². The summed E-state index contributed by atoms with van der Waals surface area (Å²) in [4.78, 5) is 47.5. The molecule has 0 radical (unpaired) electrons. The minimum Gasteiger partial charge on any atom is -0.467 e. The summed E-state index contributed by atoms with van der Waals surface area (Å²) in [7, 11) is 1.12. The van der Waals surface area contributed by atoms with Crippen molar-refractivity contribution in [2.45, 2.75) is 78.6 Å². The van der Waals surface area contributed by atoms with Gasteiger partial charge in [0.25, 0.3) is 0 Å². The quantitative estimate of drug-likeness (QED) is 0.174. The number of amides is 2. The van der Waals surface area contributed by atoms with Gasteiger partial charge in [-0.25, -0.2) is 28.5 Å². The van der Waals surface area contributed by atoms with Crippen LogP contribution in [0.4, 0.5) is 14.0 Å². The van der Waals surface area contributed by atoms with Crippen LogP contribution in [0.5, 0.6) is 0 Å². The maximum atomic E-state index is 13.8. The predicted octanol–water partition coefficient (Wildman–Crippen LogP) is 4.30. The first-order valence-electron chi connectivity index (χ1n) is 9.63. The zero-order chi connectivity index (χ0) is 23.5. The van der Waals surface area contributed by atoms with Gasteiger partial charge >= 0.3 is 18.2 Å². The Morgan fingerprint density at radius 1 is 0.967 bits per heavy atom. The van der Waals surface area contributed by atoms with E-state index in [1.165, 1.54) is 0 Å². The Morgan fingerprint density at radius 3 is 1.87 bits per heavy atom. The van der Waals surface area contributed by atoms with Crippen molar-refractivity contribution in [1.29, 1.82) is 0 Å². The lowest BCUT2D eigenvalue weighted by Crippen LogP contribution is -2.52. The number of nitrogens with zero attached hydrogens (tertiary/aromatic N) is 1. The molecule has 0 aliphatic rings. The Morgan fingerprint density at radius 2 is 1.47 bits per heavy atom. The van der Waals surface area contributed by atoms with Crippen LogP contribution in [0, 0.1) is 0 Å². The molecule has 30 heavy (non-hydrogen) atoms. The number of ether oxygens (including phenoxy) is 3. The largest absolute Gasteiger partial charge is 0.467 e. The Hall–Kier alpha value is -2.20. The van der Waals surface area contributed by atoms with Crippen molar-refractivity contribution >= 4 is 18.2 Å². The maximum Gasteiger partial charge on any atom is 0.420 e. The fourth-order valence-electron chi connectivity index (χ4n) is 2.08. The maximum absolute atomic E-state index is 13.8. The highest BCUT2D eigenvalue weighted by Crippen LogP contribution is 2.20. The van der Waals surface area contributed by atoms with Gasteiger partial charge in [0, 0.05) is 0 Å². The van der Waals surface area contributed by atoms with Crippen LogP contribution in [0.2, 0.25) is 0 Å². The van der Waals surface area contributed by atoms with E-state index >= 15 is 0 Å². The predicted molar refractivity (Wildman–Crippen MR) is 106 cm³/mol. The van der Waals surface area contributed by atoms with Crippen LogP contribution in [0.3, 0.4) is 0 Å². The van der Waals surface area contributed by atoms with Crippen LogP contribution in [0.15, 0.2) is 11.9 Å². The van der Waals surface area contributed by atoms with Gasteiger partial charge in [0.15, 0.2) is 0 Å². The molecule has 1 atom stereocenters. The normalized spacial score (nSPS) is 13.4. The van der Waals surface area contributed by atoms with Crippen LogP contribution in [0.1, 0.15) is 61.3 Å². The van der Waals surface area contributed by atoms with E-state index in [9.17, 15) is 18.8 Å². The first-order valence-corrected chi connectivity index (χ1v) is 9.63.